The van der Waals surface area contributed by atoms with Crippen LogP contribution in [0.15, 0.2) is 239 Å². The summed E-state index contributed by atoms with van der Waals surface area (Å²) in [6, 6.07) is 86.5. The molecule has 0 bridgehead atoms. The fraction of sp³-hybridized carbons (Fsp3) is 0.165. The summed E-state index contributed by atoms with van der Waals surface area (Å²) in [5.74, 6) is 0. The van der Waals surface area contributed by atoms with Gasteiger partial charge in [-0.1, -0.05) is 212 Å². The predicted octanol–water partition coefficient (Wildman–Crippen LogP) is 20.8. The maximum absolute atomic E-state index is 7.68. The zero-order valence-electron chi connectivity index (χ0n) is 49.7. The summed E-state index contributed by atoms with van der Waals surface area (Å²) in [5, 5.41) is 7.18. The minimum atomic E-state index is -2.09. The summed E-state index contributed by atoms with van der Waals surface area (Å²) >= 11 is 0. The van der Waals surface area contributed by atoms with Gasteiger partial charge in [-0.3, -0.25) is 0 Å². The zero-order chi connectivity index (χ0) is 57.6. The Morgan fingerprint density at radius 1 is 0.393 bits per heavy atom. The van der Waals surface area contributed by atoms with Gasteiger partial charge in [-0.15, -0.1) is 0 Å². The average Bonchev–Trinajstić information content (AvgIpc) is 1.61. The van der Waals surface area contributed by atoms with Crippen LogP contribution in [-0.4, -0.2) is 8.07 Å². The average molecular weight is 1110 g/mol. The van der Waals surface area contributed by atoms with E-state index >= 15 is 0 Å². The van der Waals surface area contributed by atoms with Crippen molar-refractivity contribution in [3.8, 4) is 22.3 Å². The molecule has 0 spiro atoms. The number of para-hydroxylation sites is 4. The molecule has 2 aromatic heterocycles. The van der Waals surface area contributed by atoms with Crippen molar-refractivity contribution in [1.82, 2.24) is 0 Å². The summed E-state index contributed by atoms with van der Waals surface area (Å²) in [6.07, 6.45) is 0. The summed E-state index contributed by atoms with van der Waals surface area (Å²) in [5.41, 5.74) is 23.1. The number of hydrogen-bond donors (Lipinski definition) is 0. The van der Waals surface area contributed by atoms with Gasteiger partial charge in [0.05, 0.1) is 22.2 Å². The van der Waals surface area contributed by atoms with Crippen molar-refractivity contribution in [2.75, 3.05) is 9.80 Å². The van der Waals surface area contributed by atoms with Gasteiger partial charge in [0.15, 0.2) is 5.58 Å². The number of anilines is 6. The van der Waals surface area contributed by atoms with Crippen molar-refractivity contribution in [1.29, 1.82) is 0 Å². The molecule has 1 atom stereocenters. The third-order valence-corrected chi connectivity index (χ3v) is 22.2. The second-order valence-electron chi connectivity index (χ2n) is 26.2. The molecule has 5 heteroatoms. The van der Waals surface area contributed by atoms with E-state index in [-0.39, 0.29) is 10.8 Å². The molecule has 11 aromatic carbocycles. The Morgan fingerprint density at radius 2 is 0.881 bits per heavy atom. The second-order valence-corrected chi connectivity index (χ2v) is 30.5. The Morgan fingerprint density at radius 3 is 1.49 bits per heavy atom. The van der Waals surface area contributed by atoms with Crippen molar-refractivity contribution in [2.45, 2.75) is 84.7 Å². The number of nitrogens with zero attached hydrogens (tertiary/aromatic N) is 2. The van der Waals surface area contributed by atoms with Gasteiger partial charge in [0.1, 0.15) is 24.8 Å². The Balaban J connectivity index is 1.17. The molecule has 410 valence electrons. The first-order valence-electron chi connectivity index (χ1n) is 29.7. The van der Waals surface area contributed by atoms with E-state index in [4.69, 9.17) is 8.83 Å². The van der Waals surface area contributed by atoms with Crippen molar-refractivity contribution in [3.05, 3.63) is 275 Å². The maximum atomic E-state index is 7.68. The van der Waals surface area contributed by atoms with Gasteiger partial charge in [-0.2, -0.15) is 0 Å². The van der Waals surface area contributed by atoms with Gasteiger partial charge in [-0.25, -0.2) is 0 Å². The van der Waals surface area contributed by atoms with E-state index in [1.165, 1.54) is 60.4 Å². The molecule has 0 radical (unpaired) electrons. The van der Waals surface area contributed by atoms with Crippen LogP contribution in [0, 0.1) is 13.8 Å². The lowest BCUT2D eigenvalue weighted by atomic mass is 9.65. The molecule has 0 fully saturated rings. The Kier molecular flexibility index (Phi) is 11.5. The fourth-order valence-corrected chi connectivity index (χ4v) is 17.5. The number of hydrogen-bond acceptors (Lipinski definition) is 4. The first-order chi connectivity index (χ1) is 40.5. The molecule has 3 heterocycles. The SMILES string of the molecule is Cc1ccc(C)c(C2(c3ccc4c(c3)-c3ccccc3[Si]4(C)C)c3cc(N(c4ccccc4)c4ccc(C(C)(C)C)cc4)c4c(oc5ccccc54)c3-c3c2cc(N(c2ccccc2)c2ccc(C(C)(C)C)cc2)c2oc4ccccc4c32)c1. The molecule has 84 heavy (non-hydrogen) atoms. The second kappa shape index (κ2) is 18.7. The smallest absolute Gasteiger partial charge is 0.160 e. The van der Waals surface area contributed by atoms with Crippen molar-refractivity contribution < 1.29 is 8.83 Å². The number of furan rings is 2. The highest BCUT2D eigenvalue weighted by atomic mass is 28.3. The highest BCUT2D eigenvalue weighted by Gasteiger charge is 2.52. The van der Waals surface area contributed by atoms with Crippen LogP contribution in [0.1, 0.15) is 86.1 Å². The van der Waals surface area contributed by atoms with E-state index in [2.05, 4.69) is 309 Å². The van der Waals surface area contributed by atoms with Crippen LogP contribution in [0.25, 0.3) is 66.1 Å². The molecule has 1 aliphatic carbocycles. The molecule has 0 saturated carbocycles. The van der Waals surface area contributed by atoms with Gasteiger partial charge in [0, 0.05) is 50.0 Å². The normalized spacial score (nSPS) is 15.2. The molecule has 1 unspecified atom stereocenters. The third-order valence-electron chi connectivity index (χ3n) is 18.6. The lowest BCUT2D eigenvalue weighted by Gasteiger charge is -2.37. The van der Waals surface area contributed by atoms with Gasteiger partial charge < -0.3 is 18.6 Å². The van der Waals surface area contributed by atoms with E-state index in [0.717, 1.165) is 94.7 Å². The Hall–Kier alpha value is -9.16. The van der Waals surface area contributed by atoms with Crippen LogP contribution in [0.4, 0.5) is 34.1 Å². The first kappa shape index (κ1) is 51.7. The van der Waals surface area contributed by atoms with E-state index < -0.39 is 13.5 Å². The summed E-state index contributed by atoms with van der Waals surface area (Å²) < 4.78 is 15.2. The quantitative estimate of drug-likeness (QED) is 0.142. The number of rotatable bonds is 8. The van der Waals surface area contributed by atoms with Gasteiger partial charge in [0.2, 0.25) is 0 Å². The maximum Gasteiger partial charge on any atom is 0.160 e. The number of aryl methyl sites for hydroxylation is 2. The molecule has 0 saturated heterocycles. The van der Waals surface area contributed by atoms with Crippen LogP contribution < -0.4 is 20.2 Å². The molecule has 0 N–H and O–H groups in total. The van der Waals surface area contributed by atoms with Crippen molar-refractivity contribution in [2.24, 2.45) is 0 Å². The molecule has 0 amide bonds. The molecule has 4 nitrogen and oxygen atoms in total. The summed E-state index contributed by atoms with van der Waals surface area (Å²) in [4.78, 5) is 4.91. The molecular formula is C79H68N2O2Si. The fourth-order valence-electron chi connectivity index (χ4n) is 14.4. The third kappa shape index (κ3) is 7.64. The largest absolute Gasteiger partial charge is 0.455 e. The zero-order valence-corrected chi connectivity index (χ0v) is 50.7. The summed E-state index contributed by atoms with van der Waals surface area (Å²) in [7, 11) is -2.09. The Bertz CT molecular complexity index is 4780. The van der Waals surface area contributed by atoms with E-state index in [0.29, 0.717) is 0 Å². The van der Waals surface area contributed by atoms with Crippen LogP contribution >= 0.6 is 0 Å². The van der Waals surface area contributed by atoms with Crippen LogP contribution in [0.5, 0.6) is 0 Å². The van der Waals surface area contributed by atoms with Gasteiger partial charge in [0.25, 0.3) is 0 Å². The van der Waals surface area contributed by atoms with Crippen molar-refractivity contribution >= 4 is 96.4 Å². The number of fused-ring (bicyclic) bond motifs is 14. The highest BCUT2D eigenvalue weighted by Crippen LogP contribution is 2.65. The van der Waals surface area contributed by atoms with Crippen LogP contribution in [-0.2, 0) is 16.2 Å². The van der Waals surface area contributed by atoms with Crippen molar-refractivity contribution in [3.63, 3.8) is 0 Å². The Labute approximate surface area is 494 Å². The van der Waals surface area contributed by atoms with Gasteiger partial charge in [-0.05, 0) is 164 Å². The van der Waals surface area contributed by atoms with E-state index in [9.17, 15) is 0 Å². The molecule has 13 aromatic rings. The highest BCUT2D eigenvalue weighted by molar-refractivity contribution is 7.03. The standard InChI is InChI=1S/C79H68N2O2Si/c1-49-33-34-50(2)62(45-49)79(53-39-44-70-61(46-53)58-27-19-22-32-69(58)84(70,9)10)63-48-66(81(55-25-15-12-16-26-55)57-42-37-52(38-43-57)78(6,7)8)75-72(60-29-18-21-31-68(60)82-75)73(63)74-64(79)47-65(71-59-28-17-20-30-67(59)83-76(71)74)80(54-23-13-11-14-24-54)56-40-35-51(36-41-56)77(3,4)5/h11-48H,1-10H3. The van der Waals surface area contributed by atoms with Gasteiger partial charge >= 0.3 is 0 Å². The minimum absolute atomic E-state index is 0.0315. The molecule has 15 rings (SSSR count). The topological polar surface area (TPSA) is 32.8 Å². The lowest BCUT2D eigenvalue weighted by Crippen LogP contribution is -2.49. The van der Waals surface area contributed by atoms with E-state index in [1.54, 1.807) is 0 Å². The number of benzene rings is 11. The lowest BCUT2D eigenvalue weighted by molar-refractivity contribution is 0.590. The molecule has 1 aliphatic heterocycles. The molecule has 2 aliphatic rings. The first-order valence-corrected chi connectivity index (χ1v) is 32.7. The molecular weight excluding hydrogens is 1040 g/mol. The van der Waals surface area contributed by atoms with Crippen LogP contribution in [0.2, 0.25) is 13.1 Å². The monoisotopic (exact) mass is 1100 g/mol. The predicted molar refractivity (Wildman–Crippen MR) is 357 cm³/mol. The summed E-state index contributed by atoms with van der Waals surface area (Å²) in [6.45, 7) is 23.3. The van der Waals surface area contributed by atoms with E-state index in [1.807, 2.05) is 0 Å². The minimum Gasteiger partial charge on any atom is -0.455 e. The van der Waals surface area contributed by atoms with Crippen LogP contribution in [0.3, 0.4) is 0 Å².